The van der Waals surface area contributed by atoms with Crippen LogP contribution in [0.2, 0.25) is 10.0 Å². The summed E-state index contributed by atoms with van der Waals surface area (Å²) in [5, 5.41) is 6.80. The molecule has 1 aliphatic rings. The zero-order chi connectivity index (χ0) is 23.2. The molecule has 3 aromatic carbocycles. The molecule has 166 valence electrons. The van der Waals surface area contributed by atoms with E-state index < -0.39 is 0 Å². The highest BCUT2D eigenvalue weighted by molar-refractivity contribution is 8.18. The number of nitrogens with zero attached hydrogens (tertiary/aromatic N) is 1. The van der Waals surface area contributed by atoms with Crippen molar-refractivity contribution < 1.29 is 14.3 Å². The van der Waals surface area contributed by atoms with Crippen molar-refractivity contribution >= 4 is 69.4 Å². The lowest BCUT2D eigenvalue weighted by atomic mass is 10.2. The van der Waals surface area contributed by atoms with Crippen molar-refractivity contribution in [3.05, 3.63) is 93.3 Å². The number of amides is 2. The van der Waals surface area contributed by atoms with Gasteiger partial charge in [-0.1, -0.05) is 53.5 Å². The van der Waals surface area contributed by atoms with E-state index in [0.717, 1.165) is 11.3 Å². The number of aliphatic imine (C=N–C) groups is 1. The largest absolute Gasteiger partial charge is 0.484 e. The molecule has 0 aliphatic carbocycles. The summed E-state index contributed by atoms with van der Waals surface area (Å²) in [4.78, 5) is 29.4. The zero-order valence-corrected chi connectivity index (χ0v) is 19.4. The number of halogens is 2. The minimum Gasteiger partial charge on any atom is -0.484 e. The van der Waals surface area contributed by atoms with Gasteiger partial charge in [-0.25, -0.2) is 4.99 Å². The number of carbonyl (C=O) groups is 2. The summed E-state index contributed by atoms with van der Waals surface area (Å²) in [7, 11) is 0. The molecule has 1 aliphatic heterocycles. The van der Waals surface area contributed by atoms with Crippen LogP contribution in [0.5, 0.6) is 5.75 Å². The Labute approximate surface area is 204 Å². The second-order valence-corrected chi connectivity index (χ2v) is 8.72. The smallest absolute Gasteiger partial charge is 0.264 e. The Morgan fingerprint density at radius 3 is 2.58 bits per heavy atom. The van der Waals surface area contributed by atoms with E-state index in [1.807, 2.05) is 30.3 Å². The monoisotopic (exact) mass is 497 g/mol. The number of amidine groups is 1. The lowest BCUT2D eigenvalue weighted by Gasteiger charge is -2.09. The second-order valence-electron chi connectivity index (χ2n) is 6.85. The third-order valence-electron chi connectivity index (χ3n) is 4.39. The SMILES string of the molecule is O=C(COc1ccc(/C=C2\SC(=Nc3ccccc3)NC2=O)cc1)Nc1cc(Cl)ccc1Cl. The van der Waals surface area contributed by atoms with E-state index in [-0.39, 0.29) is 18.4 Å². The van der Waals surface area contributed by atoms with E-state index in [1.165, 1.54) is 11.8 Å². The Hall–Kier alpha value is -3.26. The summed E-state index contributed by atoms with van der Waals surface area (Å²) in [6, 6.07) is 21.3. The Morgan fingerprint density at radius 2 is 1.82 bits per heavy atom. The van der Waals surface area contributed by atoms with Gasteiger partial charge in [0, 0.05) is 5.02 Å². The van der Waals surface area contributed by atoms with Crippen molar-refractivity contribution in [3.63, 3.8) is 0 Å². The van der Waals surface area contributed by atoms with E-state index in [9.17, 15) is 9.59 Å². The van der Waals surface area contributed by atoms with Crippen molar-refractivity contribution in [2.45, 2.75) is 0 Å². The molecule has 9 heteroatoms. The molecule has 4 rings (SSSR count). The third kappa shape index (κ3) is 6.38. The molecule has 2 amide bonds. The highest BCUT2D eigenvalue weighted by Gasteiger charge is 2.23. The lowest BCUT2D eigenvalue weighted by Crippen LogP contribution is -2.20. The first-order chi connectivity index (χ1) is 16.0. The maximum Gasteiger partial charge on any atom is 0.264 e. The lowest BCUT2D eigenvalue weighted by molar-refractivity contribution is -0.118. The molecule has 2 N–H and O–H groups in total. The topological polar surface area (TPSA) is 79.8 Å². The van der Waals surface area contributed by atoms with Crippen molar-refractivity contribution in [2.75, 3.05) is 11.9 Å². The van der Waals surface area contributed by atoms with E-state index >= 15 is 0 Å². The number of hydrogen-bond donors (Lipinski definition) is 2. The van der Waals surface area contributed by atoms with Crippen LogP contribution in [-0.4, -0.2) is 23.6 Å². The Balaban J connectivity index is 1.34. The van der Waals surface area contributed by atoms with Crippen molar-refractivity contribution in [2.24, 2.45) is 4.99 Å². The first-order valence-electron chi connectivity index (χ1n) is 9.79. The summed E-state index contributed by atoms with van der Waals surface area (Å²) in [5.74, 6) is -0.0553. The number of para-hydroxylation sites is 1. The Kier molecular flexibility index (Phi) is 7.34. The van der Waals surface area contributed by atoms with E-state index in [2.05, 4.69) is 15.6 Å². The normalized spacial score (nSPS) is 15.5. The van der Waals surface area contributed by atoms with Crippen LogP contribution in [0.3, 0.4) is 0 Å². The fraction of sp³-hybridized carbons (Fsp3) is 0.0417. The van der Waals surface area contributed by atoms with Gasteiger partial charge >= 0.3 is 0 Å². The molecule has 0 atom stereocenters. The molecule has 0 aromatic heterocycles. The second kappa shape index (κ2) is 10.6. The predicted molar refractivity (Wildman–Crippen MR) is 134 cm³/mol. The van der Waals surface area contributed by atoms with Gasteiger partial charge in [0.2, 0.25) is 0 Å². The predicted octanol–water partition coefficient (Wildman–Crippen LogP) is 5.90. The minimum atomic E-state index is -0.366. The molecule has 1 saturated heterocycles. The number of anilines is 1. The highest BCUT2D eigenvalue weighted by Crippen LogP contribution is 2.28. The van der Waals surface area contributed by atoms with Crippen molar-refractivity contribution in [3.8, 4) is 5.75 Å². The van der Waals surface area contributed by atoms with Gasteiger partial charge in [-0.05, 0) is 65.9 Å². The van der Waals surface area contributed by atoms with E-state index in [1.54, 1.807) is 48.5 Å². The van der Waals surface area contributed by atoms with Gasteiger partial charge in [0.05, 0.1) is 21.3 Å². The quantitative estimate of drug-likeness (QED) is 0.415. The van der Waals surface area contributed by atoms with Gasteiger partial charge in [-0.2, -0.15) is 0 Å². The van der Waals surface area contributed by atoms with Gasteiger partial charge < -0.3 is 15.4 Å². The molecule has 6 nitrogen and oxygen atoms in total. The average molecular weight is 498 g/mol. The van der Waals surface area contributed by atoms with Gasteiger partial charge in [0.1, 0.15) is 5.75 Å². The van der Waals surface area contributed by atoms with Gasteiger partial charge in [0.15, 0.2) is 11.8 Å². The summed E-state index contributed by atoms with van der Waals surface area (Å²) < 4.78 is 5.53. The number of hydrogen-bond acceptors (Lipinski definition) is 5. The molecule has 0 unspecified atom stereocenters. The van der Waals surface area contributed by atoms with Crippen LogP contribution in [0.25, 0.3) is 6.08 Å². The number of ether oxygens (including phenoxy) is 1. The summed E-state index contributed by atoms with van der Waals surface area (Å²) in [6.45, 7) is -0.194. The molecule has 1 fully saturated rings. The standard InChI is InChI=1S/C24H17Cl2N3O3S/c25-16-8-11-19(26)20(13-16)28-22(30)14-32-18-9-6-15(7-10-18)12-21-23(31)29-24(33-21)27-17-4-2-1-3-5-17/h1-13H,14H2,(H,28,30)(H,27,29,31)/b21-12-. The number of benzene rings is 3. The molecule has 3 aromatic rings. The van der Waals surface area contributed by atoms with E-state index in [4.69, 9.17) is 27.9 Å². The number of rotatable bonds is 6. The molecular formula is C24H17Cl2N3O3S. The van der Waals surface area contributed by atoms with Crippen LogP contribution in [0.4, 0.5) is 11.4 Å². The molecule has 0 radical (unpaired) electrons. The number of carbonyl (C=O) groups excluding carboxylic acids is 2. The van der Waals surface area contributed by atoms with Crippen LogP contribution in [-0.2, 0) is 9.59 Å². The van der Waals surface area contributed by atoms with Crippen LogP contribution in [0, 0.1) is 0 Å². The number of thioether (sulfide) groups is 1. The fourth-order valence-corrected chi connectivity index (χ4v) is 4.02. The molecule has 0 saturated carbocycles. The summed E-state index contributed by atoms with van der Waals surface area (Å²) >= 11 is 13.2. The van der Waals surface area contributed by atoms with Gasteiger partial charge in [0.25, 0.3) is 11.8 Å². The summed E-state index contributed by atoms with van der Waals surface area (Å²) in [6.07, 6.45) is 1.77. The summed E-state index contributed by atoms with van der Waals surface area (Å²) in [5.41, 5.74) is 2.00. The molecule has 33 heavy (non-hydrogen) atoms. The van der Waals surface area contributed by atoms with Crippen LogP contribution in [0.15, 0.2) is 82.7 Å². The molecule has 0 spiro atoms. The van der Waals surface area contributed by atoms with Crippen LogP contribution < -0.4 is 15.4 Å². The molecular weight excluding hydrogens is 481 g/mol. The van der Waals surface area contributed by atoms with Gasteiger partial charge in [-0.15, -0.1) is 0 Å². The maximum absolute atomic E-state index is 12.3. The average Bonchev–Trinajstić information content (AvgIpc) is 3.15. The molecule has 0 bridgehead atoms. The van der Waals surface area contributed by atoms with Crippen molar-refractivity contribution in [1.82, 2.24) is 5.32 Å². The first kappa shape index (κ1) is 22.9. The maximum atomic E-state index is 12.3. The third-order valence-corrected chi connectivity index (χ3v) is 5.86. The number of nitrogens with one attached hydrogen (secondary N) is 2. The Bertz CT molecular complexity index is 1250. The first-order valence-corrected chi connectivity index (χ1v) is 11.4. The highest BCUT2D eigenvalue weighted by atomic mass is 35.5. The minimum absolute atomic E-state index is 0.194. The Morgan fingerprint density at radius 1 is 1.06 bits per heavy atom. The van der Waals surface area contributed by atoms with Crippen LogP contribution in [0.1, 0.15) is 5.56 Å². The van der Waals surface area contributed by atoms with Crippen LogP contribution >= 0.6 is 35.0 Å². The van der Waals surface area contributed by atoms with Gasteiger partial charge in [-0.3, -0.25) is 9.59 Å². The zero-order valence-electron chi connectivity index (χ0n) is 17.0. The van der Waals surface area contributed by atoms with E-state index in [0.29, 0.717) is 31.6 Å². The molecule has 1 heterocycles. The fourth-order valence-electron chi connectivity index (χ4n) is 2.84. The van der Waals surface area contributed by atoms with Crippen molar-refractivity contribution in [1.29, 1.82) is 0 Å².